The highest BCUT2D eigenvalue weighted by Crippen LogP contribution is 2.15. The number of nitrogens with zero attached hydrogens (tertiary/aromatic N) is 4. The van der Waals surface area contributed by atoms with Gasteiger partial charge in [-0.1, -0.05) is 13.8 Å². The van der Waals surface area contributed by atoms with E-state index < -0.39 is 0 Å². The number of guanidine groups is 1. The maximum atomic E-state index is 4.89. The molecular weight excluding hydrogens is 312 g/mol. The third kappa shape index (κ3) is 6.76. The monoisotopic (exact) mass is 352 g/mol. The number of hydrogen-bond donors (Lipinski definition) is 2. The lowest BCUT2D eigenvalue weighted by atomic mass is 10.1. The zero-order valence-corrected chi connectivity index (χ0v) is 16.9. The molecule has 0 amide bonds. The molecule has 2 atom stereocenters. The summed E-state index contributed by atoms with van der Waals surface area (Å²) in [7, 11) is 0. The van der Waals surface area contributed by atoms with Crippen molar-refractivity contribution in [2.75, 3.05) is 65.4 Å². The van der Waals surface area contributed by atoms with Crippen molar-refractivity contribution in [1.82, 2.24) is 25.3 Å². The van der Waals surface area contributed by atoms with E-state index in [0.29, 0.717) is 12.1 Å². The number of fused-ring (bicyclic) bond motifs is 3. The van der Waals surface area contributed by atoms with E-state index in [-0.39, 0.29) is 0 Å². The standard InChI is InChI=1S/C19H40N6/c1-5-20-19(22-17(4)9-8-10-23(6-2)7-3)21-15-18-16-24-11-13-25(18)14-12-24/h17-18H,5-16H2,1-4H3,(H2,20,21,22). The summed E-state index contributed by atoms with van der Waals surface area (Å²) in [6.07, 6.45) is 2.42. The molecule has 0 saturated carbocycles. The molecule has 3 aliphatic heterocycles. The predicted octanol–water partition coefficient (Wildman–Crippen LogP) is 1.05. The fourth-order valence-corrected chi connectivity index (χ4v) is 3.88. The van der Waals surface area contributed by atoms with E-state index in [4.69, 9.17) is 4.99 Å². The van der Waals surface area contributed by atoms with Crippen LogP contribution in [0.2, 0.25) is 0 Å². The third-order valence-electron chi connectivity index (χ3n) is 5.59. The first kappa shape index (κ1) is 20.5. The second-order valence-electron chi connectivity index (χ2n) is 7.42. The molecule has 6 heteroatoms. The number of nitrogens with one attached hydrogen (secondary N) is 2. The molecule has 3 heterocycles. The van der Waals surface area contributed by atoms with Gasteiger partial charge in [0.15, 0.2) is 5.96 Å². The highest BCUT2D eigenvalue weighted by molar-refractivity contribution is 5.80. The first-order valence-corrected chi connectivity index (χ1v) is 10.4. The Kier molecular flexibility index (Phi) is 8.99. The number of rotatable bonds is 10. The normalized spacial score (nSPS) is 27.6. The van der Waals surface area contributed by atoms with Crippen LogP contribution in [0.4, 0.5) is 0 Å². The van der Waals surface area contributed by atoms with E-state index in [1.54, 1.807) is 0 Å². The van der Waals surface area contributed by atoms with Crippen molar-refractivity contribution in [3.63, 3.8) is 0 Å². The summed E-state index contributed by atoms with van der Waals surface area (Å²) >= 11 is 0. The summed E-state index contributed by atoms with van der Waals surface area (Å²) in [4.78, 5) is 12.6. The van der Waals surface area contributed by atoms with Gasteiger partial charge in [-0.2, -0.15) is 0 Å². The zero-order valence-electron chi connectivity index (χ0n) is 16.9. The van der Waals surface area contributed by atoms with Crippen LogP contribution < -0.4 is 10.6 Å². The smallest absolute Gasteiger partial charge is 0.191 e. The van der Waals surface area contributed by atoms with Crippen molar-refractivity contribution in [3.8, 4) is 0 Å². The largest absolute Gasteiger partial charge is 0.357 e. The molecular formula is C19H40N6. The first-order chi connectivity index (χ1) is 12.2. The van der Waals surface area contributed by atoms with Crippen molar-refractivity contribution in [3.05, 3.63) is 0 Å². The molecule has 0 radical (unpaired) electrons. The Morgan fingerprint density at radius 1 is 1.16 bits per heavy atom. The minimum atomic E-state index is 0.459. The van der Waals surface area contributed by atoms with Crippen LogP contribution in [0.25, 0.3) is 0 Å². The Morgan fingerprint density at radius 2 is 1.88 bits per heavy atom. The van der Waals surface area contributed by atoms with Crippen molar-refractivity contribution >= 4 is 5.96 Å². The molecule has 3 rings (SSSR count). The van der Waals surface area contributed by atoms with Gasteiger partial charge in [0.25, 0.3) is 0 Å². The van der Waals surface area contributed by atoms with Gasteiger partial charge in [-0.25, -0.2) is 0 Å². The van der Waals surface area contributed by atoms with Crippen molar-refractivity contribution in [2.24, 2.45) is 4.99 Å². The second-order valence-corrected chi connectivity index (χ2v) is 7.42. The van der Waals surface area contributed by atoms with Gasteiger partial charge in [0, 0.05) is 51.4 Å². The third-order valence-corrected chi connectivity index (χ3v) is 5.59. The zero-order chi connectivity index (χ0) is 18.1. The maximum absolute atomic E-state index is 4.89. The summed E-state index contributed by atoms with van der Waals surface area (Å²) in [6.45, 7) is 20.3. The maximum Gasteiger partial charge on any atom is 0.191 e. The summed E-state index contributed by atoms with van der Waals surface area (Å²) in [5, 5.41) is 7.01. The van der Waals surface area contributed by atoms with Crippen LogP contribution in [0.5, 0.6) is 0 Å². The lowest BCUT2D eigenvalue weighted by molar-refractivity contribution is 0.0174. The topological polar surface area (TPSA) is 46.1 Å². The molecule has 2 unspecified atom stereocenters. The van der Waals surface area contributed by atoms with Crippen LogP contribution in [0, 0.1) is 0 Å². The Bertz CT molecular complexity index is 387. The number of aliphatic imine (C=N–C) groups is 1. The van der Waals surface area contributed by atoms with Gasteiger partial charge in [0.1, 0.15) is 0 Å². The predicted molar refractivity (Wildman–Crippen MR) is 107 cm³/mol. The van der Waals surface area contributed by atoms with Gasteiger partial charge in [0.2, 0.25) is 0 Å². The summed E-state index contributed by atoms with van der Waals surface area (Å²) < 4.78 is 0. The van der Waals surface area contributed by atoms with Crippen molar-refractivity contribution < 1.29 is 0 Å². The van der Waals surface area contributed by atoms with Gasteiger partial charge in [0.05, 0.1) is 6.54 Å². The van der Waals surface area contributed by atoms with Crippen LogP contribution in [-0.4, -0.2) is 98.2 Å². The molecule has 3 saturated heterocycles. The summed E-state index contributed by atoms with van der Waals surface area (Å²) in [5.41, 5.74) is 0. The van der Waals surface area contributed by atoms with E-state index in [1.165, 1.54) is 52.1 Å². The Balaban J connectivity index is 1.75. The molecule has 2 bridgehead atoms. The quantitative estimate of drug-likeness (QED) is 0.455. The molecule has 3 fully saturated rings. The molecule has 146 valence electrons. The van der Waals surface area contributed by atoms with Crippen LogP contribution in [0.1, 0.15) is 40.5 Å². The second kappa shape index (κ2) is 11.0. The highest BCUT2D eigenvalue weighted by Gasteiger charge is 2.31. The minimum absolute atomic E-state index is 0.459. The van der Waals surface area contributed by atoms with E-state index in [0.717, 1.165) is 32.1 Å². The lowest BCUT2D eigenvalue weighted by Crippen LogP contribution is -2.62. The first-order valence-electron chi connectivity index (χ1n) is 10.4. The van der Waals surface area contributed by atoms with E-state index in [1.807, 2.05) is 0 Å². The van der Waals surface area contributed by atoms with Crippen molar-refractivity contribution in [2.45, 2.75) is 52.6 Å². The summed E-state index contributed by atoms with van der Waals surface area (Å²) in [5.74, 6) is 0.982. The van der Waals surface area contributed by atoms with E-state index in [9.17, 15) is 0 Å². The molecule has 25 heavy (non-hydrogen) atoms. The average Bonchev–Trinajstić information content (AvgIpc) is 2.64. The molecule has 0 aromatic carbocycles. The van der Waals surface area contributed by atoms with Gasteiger partial charge < -0.3 is 15.5 Å². The van der Waals surface area contributed by atoms with Gasteiger partial charge in [-0.15, -0.1) is 0 Å². The molecule has 3 aliphatic rings. The van der Waals surface area contributed by atoms with Crippen LogP contribution >= 0.6 is 0 Å². The van der Waals surface area contributed by atoms with Crippen molar-refractivity contribution in [1.29, 1.82) is 0 Å². The average molecular weight is 353 g/mol. The van der Waals surface area contributed by atoms with E-state index >= 15 is 0 Å². The molecule has 0 spiro atoms. The number of piperazine rings is 3. The SMILES string of the molecule is CCNC(=NCC1CN2CCN1CC2)NC(C)CCCN(CC)CC. The Morgan fingerprint density at radius 3 is 2.44 bits per heavy atom. The van der Waals surface area contributed by atoms with Gasteiger partial charge >= 0.3 is 0 Å². The fourth-order valence-electron chi connectivity index (χ4n) is 3.88. The van der Waals surface area contributed by atoms with Gasteiger partial charge in [-0.05, 0) is 46.3 Å². The highest BCUT2D eigenvalue weighted by atomic mass is 15.3. The summed E-state index contributed by atoms with van der Waals surface area (Å²) in [6, 6.07) is 1.05. The molecule has 0 aliphatic carbocycles. The lowest BCUT2D eigenvalue weighted by Gasteiger charge is -2.47. The van der Waals surface area contributed by atoms with Crippen LogP contribution in [-0.2, 0) is 0 Å². The Labute approximate surface area is 155 Å². The molecule has 2 N–H and O–H groups in total. The van der Waals surface area contributed by atoms with E-state index in [2.05, 4.69) is 53.0 Å². The minimum Gasteiger partial charge on any atom is -0.357 e. The molecule has 0 aromatic rings. The van der Waals surface area contributed by atoms with Crippen LogP contribution in [0.15, 0.2) is 4.99 Å². The number of hydrogen-bond acceptors (Lipinski definition) is 4. The molecule has 0 aromatic heterocycles. The Hall–Kier alpha value is -0.850. The fraction of sp³-hybridized carbons (Fsp3) is 0.947. The van der Waals surface area contributed by atoms with Crippen LogP contribution in [0.3, 0.4) is 0 Å². The molecule has 6 nitrogen and oxygen atoms in total. The van der Waals surface area contributed by atoms with Gasteiger partial charge in [-0.3, -0.25) is 14.8 Å².